The van der Waals surface area contributed by atoms with Gasteiger partial charge < -0.3 is 16.8 Å². The van der Waals surface area contributed by atoms with Gasteiger partial charge in [-0.1, -0.05) is 61.5 Å². The van der Waals surface area contributed by atoms with Gasteiger partial charge in [-0.2, -0.15) is 5.10 Å². The van der Waals surface area contributed by atoms with Crippen LogP contribution in [-0.2, 0) is 22.6 Å². The Morgan fingerprint density at radius 3 is 2.55 bits per heavy atom. The summed E-state index contributed by atoms with van der Waals surface area (Å²) in [6, 6.07) is 16.0. The van der Waals surface area contributed by atoms with Gasteiger partial charge in [-0.15, -0.1) is 0 Å². The number of hydroxylamine groups is 1. The Hall–Kier alpha value is -4.87. The average Bonchev–Trinajstić information content (AvgIpc) is 3.34. The smallest absolute Gasteiger partial charge is 0.260 e. The van der Waals surface area contributed by atoms with Gasteiger partial charge in [0.1, 0.15) is 17.8 Å². The van der Waals surface area contributed by atoms with Crippen molar-refractivity contribution in [3.63, 3.8) is 0 Å². The van der Waals surface area contributed by atoms with Crippen LogP contribution in [0.4, 0.5) is 11.5 Å². The number of fused-ring (bicyclic) bond motifs is 1. The van der Waals surface area contributed by atoms with Crippen molar-refractivity contribution in [2.45, 2.75) is 32.4 Å². The molecule has 40 heavy (non-hydrogen) atoms. The summed E-state index contributed by atoms with van der Waals surface area (Å²) in [4.78, 5) is 33.0. The first kappa shape index (κ1) is 26.7. The maximum atomic E-state index is 13.0. The van der Waals surface area contributed by atoms with Crippen LogP contribution >= 0.6 is 0 Å². The van der Waals surface area contributed by atoms with E-state index in [1.54, 1.807) is 29.7 Å². The van der Waals surface area contributed by atoms with Gasteiger partial charge in [0.15, 0.2) is 5.65 Å². The van der Waals surface area contributed by atoms with E-state index < -0.39 is 11.9 Å². The molecular weight excluding hydrogens is 508 g/mol. The molecule has 11 heteroatoms. The fourth-order valence-corrected chi connectivity index (χ4v) is 4.75. The van der Waals surface area contributed by atoms with Crippen LogP contribution in [0.15, 0.2) is 84.2 Å². The van der Waals surface area contributed by atoms with E-state index >= 15 is 0 Å². The van der Waals surface area contributed by atoms with E-state index in [0.29, 0.717) is 35.7 Å². The molecule has 4 aromatic rings. The fourth-order valence-electron chi connectivity index (χ4n) is 4.75. The van der Waals surface area contributed by atoms with Gasteiger partial charge in [-0.05, 0) is 42.0 Å². The number of amides is 2. The molecule has 0 saturated carbocycles. The summed E-state index contributed by atoms with van der Waals surface area (Å²) < 4.78 is 1.84. The molecule has 2 atom stereocenters. The van der Waals surface area contributed by atoms with E-state index in [-0.39, 0.29) is 18.2 Å². The number of nitrogens with two attached hydrogens (primary N) is 2. The highest BCUT2D eigenvalue weighted by Crippen LogP contribution is 2.32. The Bertz CT molecular complexity index is 1610. The molecule has 1 aliphatic rings. The summed E-state index contributed by atoms with van der Waals surface area (Å²) in [6.45, 7) is 2.59. The van der Waals surface area contributed by atoms with Crippen LogP contribution in [0.25, 0.3) is 22.3 Å². The third-order valence-corrected chi connectivity index (χ3v) is 7.00. The number of anilines is 2. The van der Waals surface area contributed by atoms with Gasteiger partial charge in [-0.3, -0.25) is 14.8 Å². The molecule has 2 amide bonds. The van der Waals surface area contributed by atoms with Crippen molar-refractivity contribution in [3.8, 4) is 11.3 Å². The Morgan fingerprint density at radius 2 is 1.85 bits per heavy atom. The van der Waals surface area contributed by atoms with Crippen LogP contribution in [0.3, 0.4) is 0 Å². The van der Waals surface area contributed by atoms with Crippen LogP contribution in [0.2, 0.25) is 0 Å². The van der Waals surface area contributed by atoms with Crippen molar-refractivity contribution in [3.05, 3.63) is 89.8 Å². The van der Waals surface area contributed by atoms with Crippen LogP contribution < -0.4 is 22.3 Å². The van der Waals surface area contributed by atoms with Crippen molar-refractivity contribution < 1.29 is 14.8 Å². The van der Waals surface area contributed by atoms with Crippen molar-refractivity contribution in [1.29, 1.82) is 0 Å². The number of nitrogens with one attached hydrogen (secondary N) is 2. The normalized spacial score (nSPS) is 15.7. The fraction of sp³-hybridized carbons (Fsp3) is 0.207. The number of benzene rings is 2. The molecule has 0 radical (unpaired) electrons. The molecule has 11 nitrogen and oxygen atoms in total. The highest BCUT2D eigenvalue weighted by molar-refractivity contribution is 6.04. The first-order chi connectivity index (χ1) is 19.3. The summed E-state index contributed by atoms with van der Waals surface area (Å²) in [6.07, 6.45) is 6.09. The molecule has 7 N–H and O–H groups in total. The molecule has 2 aromatic carbocycles. The number of allylic oxidation sites excluding steroid dienone is 3. The minimum atomic E-state index is -0.866. The molecule has 5 rings (SSSR count). The predicted octanol–water partition coefficient (Wildman–Crippen LogP) is 2.98. The maximum Gasteiger partial charge on any atom is 0.260 e. The largest absolute Gasteiger partial charge is 0.383 e. The molecule has 2 aromatic heterocycles. The Morgan fingerprint density at radius 1 is 1.10 bits per heavy atom. The first-order valence-corrected chi connectivity index (χ1v) is 12.9. The molecule has 204 valence electrons. The van der Waals surface area contributed by atoms with Crippen molar-refractivity contribution in [1.82, 2.24) is 25.2 Å². The summed E-state index contributed by atoms with van der Waals surface area (Å²) in [5, 5.41) is 17.2. The van der Waals surface area contributed by atoms with Gasteiger partial charge in [0.2, 0.25) is 0 Å². The second-order valence-corrected chi connectivity index (χ2v) is 9.81. The topological polar surface area (TPSA) is 174 Å². The summed E-state index contributed by atoms with van der Waals surface area (Å²) in [7, 11) is 0. The second kappa shape index (κ2) is 11.5. The summed E-state index contributed by atoms with van der Waals surface area (Å²) >= 11 is 0. The lowest BCUT2D eigenvalue weighted by atomic mass is 9.88. The molecule has 2 unspecified atom stereocenters. The lowest BCUT2D eigenvalue weighted by molar-refractivity contribution is -0.130. The van der Waals surface area contributed by atoms with E-state index in [1.807, 2.05) is 47.2 Å². The number of rotatable bonds is 8. The standard InChI is InChI=1S/C29H30N8O3/c1-17-13-20(28(38)34-22-11-7-18(8-12-22)14-23(30)29(39)36-40)9-10-21(17)15-37-27-24(26(31)32-16-33-27)25(35-37)19-5-3-2-4-6-19/h2-12,16-17,23,40H,13-15,30H2,1H3,(H,34,38)(H,36,39)(H2,31,32,33). The highest BCUT2D eigenvalue weighted by atomic mass is 16.5. The number of carbonyl (C=O) groups is 2. The molecule has 0 fully saturated rings. The minimum Gasteiger partial charge on any atom is -0.383 e. The Labute approximate surface area is 230 Å². The predicted molar refractivity (Wildman–Crippen MR) is 152 cm³/mol. The Balaban J connectivity index is 1.31. The third kappa shape index (κ3) is 5.60. The number of nitrogen functional groups attached to an aromatic ring is 1. The van der Waals surface area contributed by atoms with Gasteiger partial charge in [0, 0.05) is 16.8 Å². The molecule has 0 bridgehead atoms. The number of aromatic nitrogens is 4. The van der Waals surface area contributed by atoms with E-state index in [1.165, 1.54) is 6.33 Å². The summed E-state index contributed by atoms with van der Waals surface area (Å²) in [5.74, 6) is -0.349. The molecule has 1 aliphatic carbocycles. The van der Waals surface area contributed by atoms with Gasteiger partial charge in [0.25, 0.3) is 11.8 Å². The van der Waals surface area contributed by atoms with E-state index in [0.717, 1.165) is 27.8 Å². The van der Waals surface area contributed by atoms with Crippen molar-refractivity contribution in [2.24, 2.45) is 11.7 Å². The van der Waals surface area contributed by atoms with Crippen LogP contribution in [-0.4, -0.2) is 42.8 Å². The molecule has 0 aliphatic heterocycles. The van der Waals surface area contributed by atoms with Gasteiger partial charge >= 0.3 is 0 Å². The van der Waals surface area contributed by atoms with Crippen molar-refractivity contribution in [2.75, 3.05) is 11.1 Å². The van der Waals surface area contributed by atoms with Crippen LogP contribution in [0.1, 0.15) is 18.9 Å². The zero-order valence-corrected chi connectivity index (χ0v) is 21.9. The second-order valence-electron chi connectivity index (χ2n) is 9.81. The van der Waals surface area contributed by atoms with Crippen LogP contribution in [0, 0.1) is 5.92 Å². The molecule has 0 saturated heterocycles. The van der Waals surface area contributed by atoms with Gasteiger partial charge in [0.05, 0.1) is 18.0 Å². The maximum absolute atomic E-state index is 13.0. The summed E-state index contributed by atoms with van der Waals surface area (Å²) in [5.41, 5.74) is 19.1. The monoisotopic (exact) mass is 538 g/mol. The average molecular weight is 539 g/mol. The lowest BCUT2D eigenvalue weighted by Crippen LogP contribution is -2.40. The highest BCUT2D eigenvalue weighted by Gasteiger charge is 2.23. The molecule has 2 heterocycles. The lowest BCUT2D eigenvalue weighted by Gasteiger charge is -2.21. The number of nitrogens with zero attached hydrogens (tertiary/aromatic N) is 4. The number of carbonyl (C=O) groups excluding carboxylic acids is 2. The Kier molecular flexibility index (Phi) is 7.67. The quantitative estimate of drug-likeness (QED) is 0.168. The number of hydrogen-bond acceptors (Lipinski definition) is 8. The van der Waals surface area contributed by atoms with Crippen LogP contribution in [0.5, 0.6) is 0 Å². The zero-order valence-electron chi connectivity index (χ0n) is 21.9. The zero-order chi connectivity index (χ0) is 28.2. The minimum absolute atomic E-state index is 0.103. The third-order valence-electron chi connectivity index (χ3n) is 7.00. The number of hydrogen-bond donors (Lipinski definition) is 5. The molecular formula is C29H30N8O3. The first-order valence-electron chi connectivity index (χ1n) is 12.9. The SMILES string of the molecule is CC1CC(C(=O)Nc2ccc(CC(N)C(=O)NO)cc2)=CC=C1Cn1nc(-c2ccccc2)c2c(N)ncnc21. The van der Waals surface area contributed by atoms with E-state index in [4.69, 9.17) is 21.8 Å². The molecule has 0 spiro atoms. The van der Waals surface area contributed by atoms with Gasteiger partial charge in [-0.25, -0.2) is 20.1 Å². The van der Waals surface area contributed by atoms with E-state index in [2.05, 4.69) is 22.2 Å². The van der Waals surface area contributed by atoms with Crippen molar-refractivity contribution >= 4 is 34.4 Å². The van der Waals surface area contributed by atoms with E-state index in [9.17, 15) is 9.59 Å².